The summed E-state index contributed by atoms with van der Waals surface area (Å²) in [5.41, 5.74) is 6.81. The van der Waals surface area contributed by atoms with Crippen LogP contribution in [0.25, 0.3) is 0 Å². The smallest absolute Gasteiger partial charge is 0.261 e. The molecule has 116 valence electrons. The third-order valence-electron chi connectivity index (χ3n) is 2.80. The molecule has 0 saturated carbocycles. The molecule has 0 unspecified atom stereocenters. The lowest BCUT2D eigenvalue weighted by molar-refractivity contribution is 0.0101. The van der Waals surface area contributed by atoms with Gasteiger partial charge in [0, 0.05) is 26.2 Å². The largest absolute Gasteiger partial charge is 0.374 e. The molecule has 20 heavy (non-hydrogen) atoms. The molecule has 0 aliphatic carbocycles. The van der Waals surface area contributed by atoms with Crippen LogP contribution in [-0.2, 0) is 11.2 Å². The highest BCUT2D eigenvalue weighted by Crippen LogP contribution is 2.01. The summed E-state index contributed by atoms with van der Waals surface area (Å²) in [6.45, 7) is 2.64. The first-order valence-corrected chi connectivity index (χ1v) is 6.54. The van der Waals surface area contributed by atoms with E-state index in [1.807, 2.05) is 18.2 Å². The second-order valence-electron chi connectivity index (χ2n) is 4.33. The Hall–Kier alpha value is -0.750. The quantitative estimate of drug-likeness (QED) is 0.673. The van der Waals surface area contributed by atoms with Crippen LogP contribution in [0.5, 0.6) is 0 Å². The first-order chi connectivity index (χ1) is 9.22. The van der Waals surface area contributed by atoms with E-state index < -0.39 is 13.0 Å². The maximum Gasteiger partial charge on any atom is 0.261 e. The van der Waals surface area contributed by atoms with Gasteiger partial charge in [-0.1, -0.05) is 30.3 Å². The van der Waals surface area contributed by atoms with Gasteiger partial charge in [0.15, 0.2) is 0 Å². The predicted molar refractivity (Wildman–Crippen MR) is 79.7 cm³/mol. The summed E-state index contributed by atoms with van der Waals surface area (Å²) in [5.74, 6) is 0. The molecule has 0 bridgehead atoms. The molecule has 0 aliphatic rings. The van der Waals surface area contributed by atoms with Crippen molar-refractivity contribution in [1.82, 2.24) is 4.90 Å². The molecule has 0 amide bonds. The van der Waals surface area contributed by atoms with Crippen molar-refractivity contribution in [3.63, 3.8) is 0 Å². The fourth-order valence-electron chi connectivity index (χ4n) is 1.82. The maximum atomic E-state index is 11.9. The van der Waals surface area contributed by atoms with Gasteiger partial charge in [0.05, 0.1) is 6.61 Å². The average Bonchev–Trinajstić information content (AvgIpc) is 2.41. The molecule has 0 saturated heterocycles. The van der Waals surface area contributed by atoms with Crippen LogP contribution in [0.1, 0.15) is 5.56 Å². The molecule has 2 N–H and O–H groups in total. The molecule has 0 heterocycles. The van der Waals surface area contributed by atoms with Crippen molar-refractivity contribution in [3.8, 4) is 0 Å². The fraction of sp³-hybridized carbons (Fsp3) is 0.571. The minimum absolute atomic E-state index is 0. The molecular formula is C14H23ClF2N2O. The number of alkyl halides is 2. The summed E-state index contributed by atoms with van der Waals surface area (Å²) in [4.78, 5) is 2.14. The van der Waals surface area contributed by atoms with Crippen molar-refractivity contribution in [2.45, 2.75) is 12.8 Å². The van der Waals surface area contributed by atoms with Crippen molar-refractivity contribution >= 4 is 12.4 Å². The van der Waals surface area contributed by atoms with Gasteiger partial charge in [-0.15, -0.1) is 12.4 Å². The highest BCUT2D eigenvalue weighted by molar-refractivity contribution is 5.85. The van der Waals surface area contributed by atoms with Crippen LogP contribution in [-0.4, -0.2) is 50.7 Å². The molecule has 0 spiro atoms. The molecule has 0 radical (unpaired) electrons. The normalized spacial score (nSPS) is 10.8. The first-order valence-electron chi connectivity index (χ1n) is 6.54. The molecule has 0 atom stereocenters. The van der Waals surface area contributed by atoms with Gasteiger partial charge in [0.1, 0.15) is 6.61 Å². The van der Waals surface area contributed by atoms with Crippen LogP contribution in [0.15, 0.2) is 30.3 Å². The molecular weight excluding hydrogens is 286 g/mol. The summed E-state index contributed by atoms with van der Waals surface area (Å²) in [6, 6.07) is 10.2. The van der Waals surface area contributed by atoms with E-state index in [1.54, 1.807) is 0 Å². The van der Waals surface area contributed by atoms with E-state index in [4.69, 9.17) is 10.5 Å². The topological polar surface area (TPSA) is 38.5 Å². The molecule has 0 aromatic heterocycles. The summed E-state index contributed by atoms with van der Waals surface area (Å²) >= 11 is 0. The predicted octanol–water partition coefficient (Wildman–Crippen LogP) is 2.19. The highest BCUT2D eigenvalue weighted by atomic mass is 35.5. The first kappa shape index (κ1) is 19.2. The van der Waals surface area contributed by atoms with Crippen LogP contribution in [0, 0.1) is 0 Å². The maximum absolute atomic E-state index is 11.9. The van der Waals surface area contributed by atoms with E-state index in [0.29, 0.717) is 19.7 Å². The second kappa shape index (κ2) is 12.0. The molecule has 3 nitrogen and oxygen atoms in total. The third-order valence-corrected chi connectivity index (χ3v) is 2.80. The van der Waals surface area contributed by atoms with Gasteiger partial charge in [-0.25, -0.2) is 8.78 Å². The monoisotopic (exact) mass is 308 g/mol. The number of nitrogens with zero attached hydrogens (tertiary/aromatic N) is 1. The van der Waals surface area contributed by atoms with E-state index in [2.05, 4.69) is 17.0 Å². The summed E-state index contributed by atoms with van der Waals surface area (Å²) < 4.78 is 28.7. The van der Waals surface area contributed by atoms with Gasteiger partial charge in [-0.2, -0.15) is 0 Å². The Morgan fingerprint density at radius 3 is 2.40 bits per heavy atom. The second-order valence-corrected chi connectivity index (χ2v) is 4.33. The van der Waals surface area contributed by atoms with Gasteiger partial charge in [-0.05, 0) is 12.0 Å². The molecule has 0 fully saturated rings. The number of nitrogens with two attached hydrogens (primary N) is 1. The standard InChI is InChI=1S/C14H22F2N2O.ClH/c15-14(16)12-19-11-10-18(9-7-17)8-6-13-4-2-1-3-5-13;/h1-5,14H,6-12,17H2;1H. The zero-order valence-corrected chi connectivity index (χ0v) is 12.3. The minimum Gasteiger partial charge on any atom is -0.374 e. The number of halogens is 3. The van der Waals surface area contributed by atoms with Crippen LogP contribution >= 0.6 is 12.4 Å². The number of benzene rings is 1. The van der Waals surface area contributed by atoms with Crippen LogP contribution in [0.4, 0.5) is 8.78 Å². The van der Waals surface area contributed by atoms with E-state index in [-0.39, 0.29) is 12.4 Å². The molecule has 6 heteroatoms. The summed E-state index contributed by atoms with van der Waals surface area (Å²) in [5, 5.41) is 0. The number of rotatable bonds is 10. The Morgan fingerprint density at radius 1 is 1.10 bits per heavy atom. The van der Waals surface area contributed by atoms with Gasteiger partial charge in [0.2, 0.25) is 0 Å². The van der Waals surface area contributed by atoms with Crippen molar-refractivity contribution < 1.29 is 13.5 Å². The van der Waals surface area contributed by atoms with E-state index >= 15 is 0 Å². The Labute approximate surface area is 125 Å². The number of ether oxygens (including phenoxy) is 1. The van der Waals surface area contributed by atoms with Crippen molar-refractivity contribution in [2.24, 2.45) is 5.73 Å². The third kappa shape index (κ3) is 9.20. The Morgan fingerprint density at radius 2 is 1.80 bits per heavy atom. The Kier molecular flexibility index (Phi) is 11.6. The highest BCUT2D eigenvalue weighted by Gasteiger charge is 2.06. The summed E-state index contributed by atoms with van der Waals surface area (Å²) in [7, 11) is 0. The number of hydrogen-bond acceptors (Lipinski definition) is 3. The van der Waals surface area contributed by atoms with Crippen LogP contribution < -0.4 is 5.73 Å². The lowest BCUT2D eigenvalue weighted by Gasteiger charge is -2.21. The lowest BCUT2D eigenvalue weighted by atomic mass is 10.1. The summed E-state index contributed by atoms with van der Waals surface area (Å²) in [6.07, 6.45) is -1.47. The zero-order chi connectivity index (χ0) is 13.9. The lowest BCUT2D eigenvalue weighted by Crippen LogP contribution is -2.34. The van der Waals surface area contributed by atoms with Gasteiger partial charge < -0.3 is 10.5 Å². The van der Waals surface area contributed by atoms with Gasteiger partial charge in [-0.3, -0.25) is 4.90 Å². The molecule has 1 aromatic carbocycles. The molecule has 1 aromatic rings. The number of hydrogen-bond donors (Lipinski definition) is 1. The Bertz CT molecular complexity index is 328. The average molecular weight is 309 g/mol. The van der Waals surface area contributed by atoms with Crippen molar-refractivity contribution in [2.75, 3.05) is 39.4 Å². The Balaban J connectivity index is 0.00000361. The van der Waals surface area contributed by atoms with Crippen molar-refractivity contribution in [3.05, 3.63) is 35.9 Å². The van der Waals surface area contributed by atoms with E-state index in [0.717, 1.165) is 19.5 Å². The molecule has 0 aliphatic heterocycles. The van der Waals surface area contributed by atoms with Gasteiger partial charge >= 0.3 is 0 Å². The van der Waals surface area contributed by atoms with Gasteiger partial charge in [0.25, 0.3) is 6.43 Å². The minimum atomic E-state index is -2.40. The molecule has 1 rings (SSSR count). The zero-order valence-electron chi connectivity index (χ0n) is 11.5. The van der Waals surface area contributed by atoms with E-state index in [9.17, 15) is 8.78 Å². The fourth-order valence-corrected chi connectivity index (χ4v) is 1.82. The SMILES string of the molecule is Cl.NCCN(CCOCC(F)F)CCc1ccccc1. The van der Waals surface area contributed by atoms with Crippen LogP contribution in [0.2, 0.25) is 0 Å². The van der Waals surface area contributed by atoms with Crippen molar-refractivity contribution in [1.29, 1.82) is 0 Å². The van der Waals surface area contributed by atoms with E-state index in [1.165, 1.54) is 5.56 Å². The van der Waals surface area contributed by atoms with Crippen LogP contribution in [0.3, 0.4) is 0 Å².